The summed E-state index contributed by atoms with van der Waals surface area (Å²) in [4.78, 5) is 195. The summed E-state index contributed by atoms with van der Waals surface area (Å²) in [6.07, 6.45) is -18.0. The quantitative estimate of drug-likeness (QED) is 0.0213. The average Bonchev–Trinajstić information content (AvgIpc) is 0.815. The van der Waals surface area contributed by atoms with Gasteiger partial charge >= 0.3 is 13.8 Å². The van der Waals surface area contributed by atoms with E-state index < -0.39 is 252 Å². The predicted molar refractivity (Wildman–Crippen MR) is 526 cm³/mol. The zero-order valence-corrected chi connectivity index (χ0v) is 87.2. The Labute approximate surface area is 873 Å². The number of aliphatic hydroxyl groups is 12. The second-order valence-corrected chi connectivity index (χ2v) is 39.3. The van der Waals surface area contributed by atoms with Crippen molar-refractivity contribution >= 4 is 108 Å². The molecule has 55 nitrogen and oxygen atoms in total. The van der Waals surface area contributed by atoms with Crippen molar-refractivity contribution in [3.63, 3.8) is 0 Å². The largest absolute Gasteiger partial charge is 0.492 e. The Hall–Kier alpha value is -9.27. The van der Waals surface area contributed by atoms with Crippen molar-refractivity contribution in [3.05, 3.63) is 29.3 Å². The number of nitrogens with one attached hydrogen (secondary N) is 14. The summed E-state index contributed by atoms with van der Waals surface area (Å²) in [5, 5.41) is 169. The molecular weight excluding hydrogens is 2030 g/mol. The van der Waals surface area contributed by atoms with E-state index in [2.05, 4.69) is 74.4 Å². The number of carbonyl (C=O) groups excluding carboxylic acids is 14. The highest BCUT2D eigenvalue weighted by molar-refractivity contribution is 8.00. The topological polar surface area (TPSA) is 815 Å². The van der Waals surface area contributed by atoms with Gasteiger partial charge < -0.3 is 183 Å². The van der Waals surface area contributed by atoms with Gasteiger partial charge in [0.05, 0.1) is 51.2 Å². The molecule has 27 N–H and O–H groups in total. The highest BCUT2D eigenvalue weighted by Gasteiger charge is 2.50. The number of aliphatic carboxylic acids is 1. The minimum atomic E-state index is -3.73. The summed E-state index contributed by atoms with van der Waals surface area (Å²) < 4.78 is 78.3. The van der Waals surface area contributed by atoms with E-state index in [0.29, 0.717) is 64.2 Å². The number of phosphoric acid groups is 1. The van der Waals surface area contributed by atoms with Gasteiger partial charge in [-0.1, -0.05) is 6.42 Å². The molecule has 0 aromatic heterocycles. The first-order chi connectivity index (χ1) is 71.6. The van der Waals surface area contributed by atoms with E-state index >= 15 is 0 Å². The summed E-state index contributed by atoms with van der Waals surface area (Å²) in [7, 11) is -1.43. The lowest BCUT2D eigenvalue weighted by Crippen LogP contribution is -2.64. The van der Waals surface area contributed by atoms with Crippen molar-refractivity contribution < 1.29 is 199 Å². The molecule has 0 aliphatic carbocycles. The number of rotatable bonds is 75. The van der Waals surface area contributed by atoms with Crippen LogP contribution in [0.3, 0.4) is 0 Å². The van der Waals surface area contributed by atoms with Crippen molar-refractivity contribution in [1.29, 1.82) is 0 Å². The number of amides is 14. The number of carboxylic acids is 1. The summed E-state index contributed by atoms with van der Waals surface area (Å²) in [5.74, 6) is -8.79. The van der Waals surface area contributed by atoms with Crippen LogP contribution >= 0.6 is 19.6 Å². The van der Waals surface area contributed by atoms with Crippen LogP contribution in [-0.2, 0) is 118 Å². The third kappa shape index (κ3) is 49.0. The molecule has 4 fully saturated rings. The van der Waals surface area contributed by atoms with Crippen LogP contribution in [0.1, 0.15) is 203 Å². The molecule has 150 heavy (non-hydrogen) atoms. The number of carboxylic acid groups (broad SMARTS) is 1. The van der Waals surface area contributed by atoms with Gasteiger partial charge in [-0.15, -0.1) is 11.8 Å². The SMILES string of the molecule is COP(=O)(OC)OCCCSC(CC(=O)O)C(=O)NCCCCCC(=O)NCCOc1cc(C(=O)NCCNC(=O)[C@H](CCCCNC(=O)CCCCOC2OC(CO)C(O)C(O)C2NC(C)=O)NC(=O)CCCCOC2OC(CO)C(O)C(O)C2NC(C)=O)cc(C(=O)NCCNC(=O)[C@H](CCCCNC(=O)CCCCOC2OC(CO)C(O)C(O)C2NC(C)=O)NC(=O)CCCCOC2OC(CO)C(O)C(O)C2NC(C)=O)c1. The van der Waals surface area contributed by atoms with Crippen molar-refractivity contribution in [2.75, 3.05) is 138 Å². The lowest BCUT2D eigenvalue weighted by atomic mass is 9.97. The third-order valence-corrected chi connectivity index (χ3v) is 26.7. The van der Waals surface area contributed by atoms with E-state index in [1.165, 1.54) is 45.9 Å². The molecule has 4 saturated heterocycles. The van der Waals surface area contributed by atoms with Crippen LogP contribution in [-0.4, -0.2) is 433 Å². The summed E-state index contributed by atoms with van der Waals surface area (Å²) >= 11 is 1.08. The normalized spacial score (nSPS) is 24.2. The molecular formula is C93H157N14O41PS. The lowest BCUT2D eigenvalue weighted by Gasteiger charge is -2.42. The van der Waals surface area contributed by atoms with Gasteiger partial charge in [0.2, 0.25) is 70.9 Å². The van der Waals surface area contributed by atoms with E-state index in [9.17, 15) is 143 Å². The van der Waals surface area contributed by atoms with E-state index in [-0.39, 0.29) is 216 Å². The zero-order chi connectivity index (χ0) is 111. The predicted octanol–water partition coefficient (Wildman–Crippen LogP) is -7.00. The Morgan fingerprint density at radius 1 is 0.353 bits per heavy atom. The molecule has 4 aliphatic heterocycles. The number of unbranched alkanes of at least 4 members (excludes halogenated alkanes) is 8. The molecule has 0 bridgehead atoms. The number of benzene rings is 1. The molecule has 0 radical (unpaired) electrons. The van der Waals surface area contributed by atoms with Crippen molar-refractivity contribution in [1.82, 2.24) is 74.4 Å². The van der Waals surface area contributed by atoms with Gasteiger partial charge in [-0.3, -0.25) is 85.5 Å². The Balaban J connectivity index is 1.26. The Bertz CT molecular complexity index is 4140. The number of thioether (sulfide) groups is 1. The monoisotopic (exact) mass is 2190 g/mol. The molecule has 5 rings (SSSR count). The van der Waals surface area contributed by atoms with Gasteiger partial charge in [0.1, 0.15) is 122 Å². The fourth-order valence-corrected chi connectivity index (χ4v) is 17.7. The fourth-order valence-electron chi connectivity index (χ4n) is 16.0. The highest BCUT2D eigenvalue weighted by Crippen LogP contribution is 2.47. The van der Waals surface area contributed by atoms with Crippen LogP contribution in [0.4, 0.5) is 0 Å². The van der Waals surface area contributed by atoms with E-state index in [1.54, 1.807) is 0 Å². The number of ether oxygens (including phenoxy) is 9. The minimum Gasteiger partial charge on any atom is -0.492 e. The molecule has 1 aromatic carbocycles. The van der Waals surface area contributed by atoms with Crippen LogP contribution in [0.15, 0.2) is 18.2 Å². The highest BCUT2D eigenvalue weighted by atomic mass is 32.2. The smallest absolute Gasteiger partial charge is 0.474 e. The number of hydrogen-bond donors (Lipinski definition) is 27. The second kappa shape index (κ2) is 72.4. The first-order valence-corrected chi connectivity index (χ1v) is 52.9. The van der Waals surface area contributed by atoms with Crippen molar-refractivity contribution in [3.8, 4) is 5.75 Å². The number of aliphatic hydroxyl groups excluding tert-OH is 12. The lowest BCUT2D eigenvalue weighted by molar-refractivity contribution is -0.270. The Kier molecular flexibility index (Phi) is 63.3. The number of carbonyl (C=O) groups is 15. The summed E-state index contributed by atoms with van der Waals surface area (Å²) in [5.41, 5.74) is -0.285. The van der Waals surface area contributed by atoms with E-state index in [1.807, 2.05) is 0 Å². The molecule has 4 aliphatic rings. The van der Waals surface area contributed by atoms with Crippen LogP contribution in [0, 0.1) is 0 Å². The molecule has 0 saturated carbocycles. The number of phosphoric ester groups is 1. The minimum absolute atomic E-state index is 0.00575. The summed E-state index contributed by atoms with van der Waals surface area (Å²) in [6.45, 7) is 1.10. The molecule has 4 heterocycles. The molecule has 856 valence electrons. The van der Waals surface area contributed by atoms with Crippen LogP contribution in [0.2, 0.25) is 0 Å². The molecule has 57 heteroatoms. The van der Waals surface area contributed by atoms with Gasteiger partial charge in [0.15, 0.2) is 25.2 Å². The fraction of sp³-hybridized carbons (Fsp3) is 0.774. The maximum absolute atomic E-state index is 14.2. The van der Waals surface area contributed by atoms with Gasteiger partial charge in [-0.05, 0) is 133 Å². The van der Waals surface area contributed by atoms with E-state index in [4.69, 9.17) is 56.2 Å². The zero-order valence-electron chi connectivity index (χ0n) is 85.5. The molecule has 0 spiro atoms. The first kappa shape index (κ1) is 131. The maximum atomic E-state index is 14.2. The van der Waals surface area contributed by atoms with E-state index in [0.717, 1.165) is 26.0 Å². The average molecular weight is 2190 g/mol. The Morgan fingerprint density at radius 2 is 0.667 bits per heavy atom. The van der Waals surface area contributed by atoms with Crippen molar-refractivity contribution in [2.45, 2.75) is 322 Å². The van der Waals surface area contributed by atoms with Gasteiger partial charge in [-0.25, -0.2) is 4.57 Å². The first-order valence-electron chi connectivity index (χ1n) is 50.4. The molecule has 1 aromatic rings. The molecule has 21 unspecified atom stereocenters. The summed E-state index contributed by atoms with van der Waals surface area (Å²) in [6, 6.07) is -3.30. The van der Waals surface area contributed by atoms with Gasteiger partial charge in [0.25, 0.3) is 11.8 Å². The second-order valence-electron chi connectivity index (χ2n) is 36.1. The van der Waals surface area contributed by atoms with Crippen LogP contribution < -0.4 is 79.2 Å². The standard InChI is InChI=1S/C93H157N14O41PS/c1-53(112)102-73-81(127)77(123)62(49-108)145-90(73)140-38-18-11-26-67(116)94-30-16-9-23-60(106-70(119)28-13-20-40-142-92-75(104-55(3)114)83(129)79(125)64(51-110)147-92)87(133)100-35-33-98-85(131)57-45-58(47-59(46-57)139-43-37-96-69(118)25-8-7-15-32-97-89(135)66(48-72(121)122)150-44-22-42-144-149(136,137-5)138-6)86(132)99-34-36-101-88(134)61(107-71(120)29-14-21-41-143-93-76(105-56(4)115)84(130)80(126)65(52-111)148-93)24-10-17-31-95-68(117)27-12-19-39-141-91-74(103-54(2)113)82(128)78(124)63(50-109)146-91/h45-47,60-66,73-84,90-93,108-111,123-130H,7-44,48-52H2,1-6H3,(H,94,116)(H,95,117)(H,96,118)(H,97,135)(H,98,131)(H,99,132)(H,100,133)(H,101,134)(H,102,112)(H,103,113)(H,104,114)(H,105,115)(H,106,119)(H,107,120)(H,121,122)/t60-,61-,62?,63?,64?,65?,66?,73?,74?,75?,76?,77?,78?,79?,80?,81?,82?,83?,84?,90?,91?,92?,93?/m0/s1. The van der Waals surface area contributed by atoms with Crippen molar-refractivity contribution in [2.24, 2.45) is 0 Å². The van der Waals surface area contributed by atoms with Gasteiger partial charge in [-0.2, -0.15) is 0 Å². The Morgan fingerprint density at radius 3 is 1.00 bits per heavy atom. The van der Waals surface area contributed by atoms with Gasteiger partial charge in [0, 0.05) is 157 Å². The molecule has 14 amide bonds. The molecule has 23 atom stereocenters. The maximum Gasteiger partial charge on any atom is 0.474 e. The van der Waals surface area contributed by atoms with Crippen LogP contribution in [0.25, 0.3) is 0 Å². The third-order valence-electron chi connectivity index (χ3n) is 24.0. The number of hydrogen-bond acceptors (Lipinski definition) is 41. The van der Waals surface area contributed by atoms with Crippen LogP contribution in [0.5, 0.6) is 5.75 Å².